The summed E-state index contributed by atoms with van der Waals surface area (Å²) < 4.78 is 26.8. The quantitative estimate of drug-likeness (QED) is 0.843. The van der Waals surface area contributed by atoms with Crippen molar-refractivity contribution in [2.75, 3.05) is 26.2 Å². The van der Waals surface area contributed by atoms with E-state index in [0.29, 0.717) is 0 Å². The van der Waals surface area contributed by atoms with Gasteiger partial charge in [0.25, 0.3) is 0 Å². The maximum atomic E-state index is 12.5. The molecule has 23 heavy (non-hydrogen) atoms. The molecule has 0 unspecified atom stereocenters. The number of rotatable bonds is 4. The Morgan fingerprint density at radius 2 is 2.04 bits per heavy atom. The van der Waals surface area contributed by atoms with E-state index in [1.165, 1.54) is 0 Å². The molecule has 2 saturated heterocycles. The smallest absolute Gasteiger partial charge is 0.217 e. The van der Waals surface area contributed by atoms with Crippen LogP contribution < -0.4 is 0 Å². The van der Waals surface area contributed by atoms with Gasteiger partial charge in [-0.05, 0) is 56.2 Å². The van der Waals surface area contributed by atoms with E-state index >= 15 is 0 Å². The normalized spacial score (nSPS) is 30.1. The number of nitrogens with zero attached hydrogens (tertiary/aromatic N) is 3. The first kappa shape index (κ1) is 15.5. The first-order valence-corrected chi connectivity index (χ1v) is 10.2. The fourth-order valence-corrected chi connectivity index (χ4v) is 6.14. The van der Waals surface area contributed by atoms with E-state index < -0.39 is 10.0 Å². The van der Waals surface area contributed by atoms with E-state index in [0.717, 1.165) is 70.5 Å². The van der Waals surface area contributed by atoms with E-state index in [1.54, 1.807) is 4.31 Å². The Kier molecular flexibility index (Phi) is 3.94. The van der Waals surface area contributed by atoms with Crippen LogP contribution in [0.3, 0.4) is 0 Å². The molecule has 1 spiro atoms. The van der Waals surface area contributed by atoms with Crippen molar-refractivity contribution in [1.29, 1.82) is 0 Å². The minimum atomic E-state index is -3.01. The Labute approximate surface area is 138 Å². The third kappa shape index (κ3) is 3.16. The Morgan fingerprint density at radius 3 is 2.78 bits per heavy atom. The van der Waals surface area contributed by atoms with Crippen LogP contribution in [0.4, 0.5) is 0 Å². The predicted molar refractivity (Wildman–Crippen MR) is 89.3 cm³/mol. The summed E-state index contributed by atoms with van der Waals surface area (Å²) in [5.41, 5.74) is 1.26. The second-order valence-corrected chi connectivity index (χ2v) is 9.68. The van der Waals surface area contributed by atoms with E-state index in [-0.39, 0.29) is 10.7 Å². The SMILES string of the molecule is O=S(=O)(C1CC1)N1CC[C@@]2(CCCN(Cc3ccccn3)C2)C1. The van der Waals surface area contributed by atoms with Crippen molar-refractivity contribution in [3.8, 4) is 0 Å². The highest BCUT2D eigenvalue weighted by Crippen LogP contribution is 2.42. The molecule has 3 fully saturated rings. The van der Waals surface area contributed by atoms with Gasteiger partial charge in [-0.2, -0.15) is 0 Å². The summed E-state index contributed by atoms with van der Waals surface area (Å²) in [5, 5.41) is -0.0779. The molecule has 4 rings (SSSR count). The summed E-state index contributed by atoms with van der Waals surface area (Å²) in [6.45, 7) is 4.41. The number of pyridine rings is 1. The molecule has 0 bridgehead atoms. The van der Waals surface area contributed by atoms with Crippen molar-refractivity contribution < 1.29 is 8.42 Å². The lowest BCUT2D eigenvalue weighted by Crippen LogP contribution is -2.45. The second-order valence-electron chi connectivity index (χ2n) is 7.46. The van der Waals surface area contributed by atoms with Gasteiger partial charge in [0, 0.05) is 32.4 Å². The minimum absolute atomic E-state index is 0.0779. The lowest BCUT2D eigenvalue weighted by Gasteiger charge is -2.40. The van der Waals surface area contributed by atoms with Gasteiger partial charge in [-0.3, -0.25) is 9.88 Å². The minimum Gasteiger partial charge on any atom is -0.297 e. The number of hydrogen-bond acceptors (Lipinski definition) is 4. The zero-order valence-corrected chi connectivity index (χ0v) is 14.3. The molecule has 3 aliphatic rings. The lowest BCUT2D eigenvalue weighted by atomic mass is 9.79. The van der Waals surface area contributed by atoms with Crippen LogP contribution in [0, 0.1) is 5.41 Å². The van der Waals surface area contributed by atoms with Crippen LogP contribution in [0.5, 0.6) is 0 Å². The van der Waals surface area contributed by atoms with Gasteiger partial charge in [0.2, 0.25) is 10.0 Å². The van der Waals surface area contributed by atoms with Crippen molar-refractivity contribution in [3.63, 3.8) is 0 Å². The number of likely N-dealkylation sites (tertiary alicyclic amines) is 1. The first-order valence-electron chi connectivity index (χ1n) is 8.69. The zero-order valence-electron chi connectivity index (χ0n) is 13.5. The van der Waals surface area contributed by atoms with Crippen molar-refractivity contribution in [2.45, 2.75) is 43.9 Å². The van der Waals surface area contributed by atoms with Crippen LogP contribution in [-0.2, 0) is 16.6 Å². The number of hydrogen-bond donors (Lipinski definition) is 0. The second kappa shape index (κ2) is 5.83. The van der Waals surface area contributed by atoms with Crippen LogP contribution in [0.15, 0.2) is 24.4 Å². The molecule has 1 aromatic heterocycles. The maximum absolute atomic E-state index is 12.5. The molecule has 0 aromatic carbocycles. The first-order chi connectivity index (χ1) is 11.1. The summed E-state index contributed by atoms with van der Waals surface area (Å²) in [6, 6.07) is 6.04. The third-order valence-electron chi connectivity index (χ3n) is 5.56. The van der Waals surface area contributed by atoms with Gasteiger partial charge >= 0.3 is 0 Å². The highest BCUT2D eigenvalue weighted by Gasteiger charge is 2.48. The van der Waals surface area contributed by atoms with Crippen LogP contribution in [0.2, 0.25) is 0 Å². The molecule has 0 radical (unpaired) electrons. The molecular formula is C17H25N3O2S. The average Bonchev–Trinajstić information content (AvgIpc) is 3.32. The predicted octanol–water partition coefficient (Wildman–Crippen LogP) is 1.86. The van der Waals surface area contributed by atoms with Crippen molar-refractivity contribution >= 4 is 10.0 Å². The van der Waals surface area contributed by atoms with Gasteiger partial charge in [-0.1, -0.05) is 6.07 Å². The van der Waals surface area contributed by atoms with Gasteiger partial charge in [0.15, 0.2) is 0 Å². The summed E-state index contributed by atoms with van der Waals surface area (Å²) in [4.78, 5) is 6.88. The lowest BCUT2D eigenvalue weighted by molar-refractivity contribution is 0.0925. The van der Waals surface area contributed by atoms with Gasteiger partial charge in [-0.15, -0.1) is 0 Å². The zero-order chi connectivity index (χ0) is 15.9. The summed E-state index contributed by atoms with van der Waals surface area (Å²) >= 11 is 0. The van der Waals surface area contributed by atoms with Crippen molar-refractivity contribution in [2.24, 2.45) is 5.41 Å². The van der Waals surface area contributed by atoms with E-state index in [4.69, 9.17) is 0 Å². The monoisotopic (exact) mass is 335 g/mol. The maximum Gasteiger partial charge on any atom is 0.217 e. The highest BCUT2D eigenvalue weighted by molar-refractivity contribution is 7.90. The van der Waals surface area contributed by atoms with Gasteiger partial charge in [0.1, 0.15) is 0 Å². The summed E-state index contributed by atoms with van der Waals surface area (Å²) in [7, 11) is -3.01. The Balaban J connectivity index is 1.43. The van der Waals surface area contributed by atoms with Gasteiger partial charge in [0.05, 0.1) is 10.9 Å². The molecule has 0 N–H and O–H groups in total. The standard InChI is InChI=1S/C17H25N3O2S/c21-23(22,16-5-6-16)20-11-8-17(14-20)7-3-10-19(13-17)12-15-4-1-2-9-18-15/h1-2,4,9,16H,3,5-8,10-14H2/t17-/m1/s1. The highest BCUT2D eigenvalue weighted by atomic mass is 32.2. The number of piperidine rings is 1. The summed E-state index contributed by atoms with van der Waals surface area (Å²) in [6.07, 6.45) is 6.88. The third-order valence-corrected chi connectivity index (χ3v) is 7.91. The fourth-order valence-electron chi connectivity index (χ4n) is 4.19. The molecule has 126 valence electrons. The van der Waals surface area contributed by atoms with E-state index in [2.05, 4.69) is 16.0 Å². The molecule has 1 saturated carbocycles. The van der Waals surface area contributed by atoms with Crippen LogP contribution in [0.1, 0.15) is 37.8 Å². The van der Waals surface area contributed by atoms with E-state index in [9.17, 15) is 8.42 Å². The van der Waals surface area contributed by atoms with Crippen molar-refractivity contribution in [1.82, 2.24) is 14.2 Å². The topological polar surface area (TPSA) is 53.5 Å². The molecule has 2 aliphatic heterocycles. The molecule has 1 aliphatic carbocycles. The van der Waals surface area contributed by atoms with Crippen LogP contribution in [-0.4, -0.2) is 54.0 Å². The Hall–Kier alpha value is -0.980. The average molecular weight is 335 g/mol. The Bertz CT molecular complexity index is 660. The largest absolute Gasteiger partial charge is 0.297 e. The molecule has 5 nitrogen and oxygen atoms in total. The molecule has 1 aromatic rings. The number of aromatic nitrogens is 1. The summed E-state index contributed by atoms with van der Waals surface area (Å²) in [5.74, 6) is 0. The molecular weight excluding hydrogens is 310 g/mol. The molecule has 0 amide bonds. The van der Waals surface area contributed by atoms with Gasteiger partial charge < -0.3 is 0 Å². The molecule has 6 heteroatoms. The molecule has 3 heterocycles. The fraction of sp³-hybridized carbons (Fsp3) is 0.706. The van der Waals surface area contributed by atoms with E-state index in [1.807, 2.05) is 18.3 Å². The van der Waals surface area contributed by atoms with Gasteiger partial charge in [-0.25, -0.2) is 12.7 Å². The van der Waals surface area contributed by atoms with Crippen LogP contribution >= 0.6 is 0 Å². The number of sulfonamides is 1. The molecule has 1 atom stereocenters. The van der Waals surface area contributed by atoms with Crippen molar-refractivity contribution in [3.05, 3.63) is 30.1 Å². The Morgan fingerprint density at radius 1 is 1.17 bits per heavy atom. The van der Waals surface area contributed by atoms with Crippen LogP contribution in [0.25, 0.3) is 0 Å².